The Hall–Kier alpha value is -2.90. The Morgan fingerprint density at radius 2 is 0.870 bits per heavy atom. The minimum Gasteiger partial charge on any atom is -0.466 e. The van der Waals surface area contributed by atoms with E-state index >= 15 is 0 Å². The molecular weight excluding hydrogens is 584 g/mol. The third-order valence-electron chi connectivity index (χ3n) is 7.22. The van der Waals surface area contributed by atoms with Gasteiger partial charge in [-0.05, 0) is 62.5 Å². The zero-order chi connectivity index (χ0) is 34.4. The van der Waals surface area contributed by atoms with Crippen LogP contribution in [-0.2, 0) is 28.5 Å². The summed E-state index contributed by atoms with van der Waals surface area (Å²) in [5.41, 5.74) is 0.573. The molecule has 0 N–H and O–H groups in total. The smallest absolute Gasteiger partial charge is 0.339 e. The maximum atomic E-state index is 12.4. The molecule has 1 rings (SSSR count). The summed E-state index contributed by atoms with van der Waals surface area (Å²) >= 11 is 0. The van der Waals surface area contributed by atoms with E-state index < -0.39 is 11.9 Å². The minimum atomic E-state index is -0.451. The summed E-state index contributed by atoms with van der Waals surface area (Å²) in [4.78, 5) is 47.2. The molecule has 0 aromatic heterocycles. The molecule has 0 heterocycles. The van der Waals surface area contributed by atoms with Gasteiger partial charge in [-0.2, -0.15) is 0 Å². The van der Waals surface area contributed by atoms with Crippen LogP contribution >= 0.6 is 0 Å². The van der Waals surface area contributed by atoms with Crippen LogP contribution in [0.25, 0.3) is 0 Å². The maximum absolute atomic E-state index is 12.4. The topological polar surface area (TPSA) is 105 Å². The number of rotatable bonds is 25. The molecule has 0 saturated carbocycles. The van der Waals surface area contributed by atoms with Crippen LogP contribution in [0.15, 0.2) is 24.3 Å². The van der Waals surface area contributed by atoms with Crippen LogP contribution in [0.2, 0.25) is 0 Å². The van der Waals surface area contributed by atoms with Gasteiger partial charge in [0.1, 0.15) is 0 Å². The van der Waals surface area contributed by atoms with Gasteiger partial charge >= 0.3 is 23.9 Å². The molecule has 0 atom stereocenters. The number of hydrogen-bond donors (Lipinski definition) is 0. The van der Waals surface area contributed by atoms with Gasteiger partial charge in [0.2, 0.25) is 0 Å². The van der Waals surface area contributed by atoms with E-state index in [4.69, 9.17) is 18.9 Å². The average molecular weight is 649 g/mol. The summed E-state index contributed by atoms with van der Waals surface area (Å²) in [6, 6.07) is 6.73. The Morgan fingerprint density at radius 3 is 1.22 bits per heavy atom. The number of esters is 4. The quantitative estimate of drug-likeness (QED) is 0.0586. The van der Waals surface area contributed by atoms with Crippen LogP contribution in [-0.4, -0.2) is 50.3 Å². The molecule has 8 heteroatoms. The van der Waals surface area contributed by atoms with E-state index in [1.165, 1.54) is 12.8 Å². The molecule has 1 aromatic rings. The van der Waals surface area contributed by atoms with Crippen molar-refractivity contribution >= 4 is 23.9 Å². The van der Waals surface area contributed by atoms with Crippen molar-refractivity contribution in [1.82, 2.24) is 0 Å². The zero-order valence-corrected chi connectivity index (χ0v) is 29.9. The third kappa shape index (κ3) is 25.3. The van der Waals surface area contributed by atoms with Crippen molar-refractivity contribution in [2.24, 2.45) is 11.8 Å². The second-order valence-corrected chi connectivity index (χ2v) is 12.7. The van der Waals surface area contributed by atoms with Gasteiger partial charge in [0.25, 0.3) is 0 Å². The van der Waals surface area contributed by atoms with Crippen molar-refractivity contribution in [1.29, 1.82) is 0 Å². The molecule has 0 radical (unpaired) electrons. The molecule has 0 aliphatic carbocycles. The first-order valence-electron chi connectivity index (χ1n) is 17.9. The summed E-state index contributed by atoms with van der Waals surface area (Å²) in [6.45, 7) is 14.7. The lowest BCUT2D eigenvalue weighted by atomic mass is 10.1. The highest BCUT2D eigenvalue weighted by Gasteiger charge is 2.19. The first-order chi connectivity index (χ1) is 22.1. The lowest BCUT2D eigenvalue weighted by molar-refractivity contribution is -0.146. The number of benzene rings is 1. The molecule has 0 saturated heterocycles. The second-order valence-electron chi connectivity index (χ2n) is 12.7. The average Bonchev–Trinajstić information content (AvgIpc) is 3.02. The molecule has 0 unspecified atom stereocenters. The van der Waals surface area contributed by atoms with Crippen LogP contribution in [0.3, 0.4) is 0 Å². The van der Waals surface area contributed by atoms with Gasteiger partial charge in [-0.25, -0.2) is 9.59 Å². The van der Waals surface area contributed by atoms with Crippen LogP contribution in [0.1, 0.15) is 165 Å². The predicted octanol–water partition coefficient (Wildman–Crippen LogP) is 9.67. The van der Waals surface area contributed by atoms with Gasteiger partial charge in [0, 0.05) is 12.8 Å². The van der Waals surface area contributed by atoms with Crippen molar-refractivity contribution in [3.63, 3.8) is 0 Å². The summed E-state index contributed by atoms with van der Waals surface area (Å²) < 4.78 is 20.7. The fourth-order valence-electron chi connectivity index (χ4n) is 4.33. The van der Waals surface area contributed by atoms with Gasteiger partial charge in [-0.15, -0.1) is 0 Å². The summed E-state index contributed by atoms with van der Waals surface area (Å²) in [7, 11) is 0. The Kier molecular flexibility index (Phi) is 27.6. The van der Waals surface area contributed by atoms with E-state index in [2.05, 4.69) is 41.5 Å². The molecular formula is C38H64O8. The van der Waals surface area contributed by atoms with Crippen molar-refractivity contribution in [2.45, 2.75) is 144 Å². The number of hydrogen-bond acceptors (Lipinski definition) is 8. The Balaban J connectivity index is 0.000000973. The molecule has 46 heavy (non-hydrogen) atoms. The van der Waals surface area contributed by atoms with Crippen molar-refractivity contribution < 1.29 is 38.1 Å². The highest BCUT2D eigenvalue weighted by atomic mass is 16.5. The minimum absolute atomic E-state index is 0.164. The largest absolute Gasteiger partial charge is 0.466 e. The first kappa shape index (κ1) is 43.1. The molecule has 8 nitrogen and oxygen atoms in total. The monoisotopic (exact) mass is 648 g/mol. The highest BCUT2D eigenvalue weighted by molar-refractivity contribution is 6.03. The van der Waals surface area contributed by atoms with Crippen LogP contribution < -0.4 is 0 Å². The van der Waals surface area contributed by atoms with E-state index in [-0.39, 0.29) is 23.1 Å². The first-order valence-corrected chi connectivity index (χ1v) is 17.9. The van der Waals surface area contributed by atoms with E-state index in [0.717, 1.165) is 64.2 Å². The summed E-state index contributed by atoms with van der Waals surface area (Å²) in [5, 5.41) is 0. The van der Waals surface area contributed by atoms with Crippen molar-refractivity contribution in [3.05, 3.63) is 35.4 Å². The number of carbonyl (C=O) groups is 4. The van der Waals surface area contributed by atoms with Crippen LogP contribution in [0.5, 0.6) is 0 Å². The Morgan fingerprint density at radius 1 is 0.500 bits per heavy atom. The second kappa shape index (κ2) is 29.5. The highest BCUT2D eigenvalue weighted by Crippen LogP contribution is 2.14. The fraction of sp³-hybridized carbons (Fsp3) is 0.737. The Bertz CT molecular complexity index is 865. The lowest BCUT2D eigenvalue weighted by Crippen LogP contribution is -2.15. The SMILES string of the molecule is CC(C)CCCCCOC(=O)c1ccccc1C(=O)OCCCCCC(C)C.CCCCOC(=O)CCCCC(=O)OCCCC. The van der Waals surface area contributed by atoms with Gasteiger partial charge in [0.05, 0.1) is 37.6 Å². The molecule has 1 aromatic carbocycles. The van der Waals surface area contributed by atoms with Gasteiger partial charge in [-0.1, -0.05) is 105 Å². The van der Waals surface area contributed by atoms with Gasteiger partial charge in [-0.3, -0.25) is 9.59 Å². The van der Waals surface area contributed by atoms with Crippen LogP contribution in [0, 0.1) is 11.8 Å². The predicted molar refractivity (Wildman–Crippen MR) is 184 cm³/mol. The number of ether oxygens (including phenoxy) is 4. The fourth-order valence-corrected chi connectivity index (χ4v) is 4.33. The number of unbranched alkanes of at least 4 members (excludes halogenated alkanes) is 7. The molecule has 0 bridgehead atoms. The van der Waals surface area contributed by atoms with E-state index in [9.17, 15) is 19.2 Å². The van der Waals surface area contributed by atoms with Crippen molar-refractivity contribution in [2.75, 3.05) is 26.4 Å². The van der Waals surface area contributed by atoms with Crippen LogP contribution in [0.4, 0.5) is 0 Å². The molecule has 0 amide bonds. The maximum Gasteiger partial charge on any atom is 0.339 e. The zero-order valence-electron chi connectivity index (χ0n) is 29.9. The molecule has 264 valence electrons. The summed E-state index contributed by atoms with van der Waals surface area (Å²) in [5.74, 6) is 0.179. The van der Waals surface area contributed by atoms with Gasteiger partial charge in [0.15, 0.2) is 0 Å². The van der Waals surface area contributed by atoms with E-state index in [1.54, 1.807) is 24.3 Å². The van der Waals surface area contributed by atoms with Crippen molar-refractivity contribution in [3.8, 4) is 0 Å². The molecule has 0 aliphatic heterocycles. The van der Waals surface area contributed by atoms with Gasteiger partial charge < -0.3 is 18.9 Å². The van der Waals surface area contributed by atoms with E-state index in [1.807, 2.05) is 0 Å². The Labute approximate surface area is 279 Å². The number of carbonyl (C=O) groups excluding carboxylic acids is 4. The molecule has 0 aliphatic rings. The molecule has 0 spiro atoms. The standard InChI is InChI=1S/C24H38O4.C14H26O4/c1-19(2)13-7-5-11-17-27-23(25)21-15-9-10-16-22(21)24(26)28-18-12-6-8-14-20(3)4;1-3-5-11-17-13(15)9-7-8-10-14(16)18-12-6-4-2/h9-10,15-16,19-20H,5-8,11-14,17-18H2,1-4H3;3-12H2,1-2H3. The summed E-state index contributed by atoms with van der Waals surface area (Å²) in [6.07, 6.45) is 14.5. The van der Waals surface area contributed by atoms with E-state index in [0.29, 0.717) is 63.9 Å². The molecule has 0 fully saturated rings. The lowest BCUT2D eigenvalue weighted by Gasteiger charge is -2.10. The third-order valence-corrected chi connectivity index (χ3v) is 7.22. The normalized spacial score (nSPS) is 10.7.